The van der Waals surface area contributed by atoms with Crippen molar-refractivity contribution in [1.82, 2.24) is 9.13 Å². The molecule has 2 aliphatic heterocycles. The van der Waals surface area contributed by atoms with Gasteiger partial charge in [0, 0.05) is 43.8 Å². The van der Waals surface area contributed by atoms with Crippen molar-refractivity contribution in [3.8, 4) is 44.8 Å². The molecule has 15 rings (SSSR count). The van der Waals surface area contributed by atoms with Gasteiger partial charge in [-0.1, -0.05) is 198 Å². The van der Waals surface area contributed by atoms with Crippen LogP contribution in [-0.2, 0) is 27.1 Å². The van der Waals surface area contributed by atoms with Crippen molar-refractivity contribution < 1.29 is 0 Å². The van der Waals surface area contributed by atoms with Crippen molar-refractivity contribution >= 4 is 66.7 Å². The Bertz CT molecular complexity index is 4280. The van der Waals surface area contributed by atoms with E-state index in [1.54, 1.807) is 0 Å². The Morgan fingerprint density at radius 2 is 0.770 bits per heavy atom. The Balaban J connectivity index is 1.12. The fourth-order valence-corrected chi connectivity index (χ4v) is 14.4. The molecule has 0 atom stereocenters. The summed E-state index contributed by atoms with van der Waals surface area (Å²) in [5.41, 5.74) is 30.2. The number of hydrogen-bond acceptors (Lipinski definition) is 0. The van der Waals surface area contributed by atoms with Crippen LogP contribution in [0.25, 0.3) is 88.4 Å². The van der Waals surface area contributed by atoms with Crippen LogP contribution in [0.1, 0.15) is 128 Å². The summed E-state index contributed by atoms with van der Waals surface area (Å²) in [4.78, 5) is 0. The Morgan fingerprint density at radius 1 is 0.351 bits per heavy atom. The first kappa shape index (κ1) is 44.2. The van der Waals surface area contributed by atoms with Crippen LogP contribution < -0.4 is 16.4 Å². The molecule has 0 saturated carbocycles. The molecule has 2 aliphatic carbocycles. The molecular weight excluding hydrogens is 892 g/mol. The van der Waals surface area contributed by atoms with Crippen LogP contribution in [0.2, 0.25) is 0 Å². The van der Waals surface area contributed by atoms with Gasteiger partial charge in [-0.2, -0.15) is 0 Å². The van der Waals surface area contributed by atoms with Gasteiger partial charge in [-0.25, -0.2) is 0 Å². The van der Waals surface area contributed by atoms with Gasteiger partial charge in [-0.3, -0.25) is 0 Å². The zero-order valence-corrected chi connectivity index (χ0v) is 45.1. The van der Waals surface area contributed by atoms with E-state index in [2.05, 4.69) is 256 Å². The highest BCUT2D eigenvalue weighted by atomic mass is 15.0. The maximum atomic E-state index is 2.72. The van der Waals surface area contributed by atoms with E-state index in [1.165, 1.54) is 149 Å². The summed E-state index contributed by atoms with van der Waals surface area (Å²) >= 11 is 0. The van der Waals surface area contributed by atoms with E-state index in [1.807, 2.05) is 0 Å². The van der Waals surface area contributed by atoms with Gasteiger partial charge < -0.3 is 9.13 Å². The average Bonchev–Trinajstić information content (AvgIpc) is 4.13. The van der Waals surface area contributed by atoms with Gasteiger partial charge in [0.2, 0.25) is 0 Å². The van der Waals surface area contributed by atoms with Crippen LogP contribution in [0.5, 0.6) is 0 Å². The first-order chi connectivity index (χ1) is 35.2. The number of fused-ring (bicyclic) bond motifs is 20. The summed E-state index contributed by atoms with van der Waals surface area (Å²) in [5, 5.41) is 5.37. The summed E-state index contributed by atoms with van der Waals surface area (Å²) in [6.45, 7) is 28.5. The number of nitrogens with zero attached hydrogens (tertiary/aromatic N) is 2. The molecule has 0 N–H and O–H groups in total. The fourth-order valence-electron chi connectivity index (χ4n) is 14.4. The van der Waals surface area contributed by atoms with Crippen molar-refractivity contribution in [3.05, 3.63) is 208 Å². The smallest absolute Gasteiger partial charge is 0.252 e. The van der Waals surface area contributed by atoms with Crippen molar-refractivity contribution in [2.75, 3.05) is 0 Å². The van der Waals surface area contributed by atoms with E-state index >= 15 is 0 Å². The van der Waals surface area contributed by atoms with E-state index in [4.69, 9.17) is 0 Å². The maximum Gasteiger partial charge on any atom is 0.252 e. The second kappa shape index (κ2) is 14.1. The third-order valence-corrected chi connectivity index (χ3v) is 18.1. The zero-order chi connectivity index (χ0) is 50.9. The Morgan fingerprint density at radius 3 is 1.26 bits per heavy atom. The van der Waals surface area contributed by atoms with Gasteiger partial charge in [0.05, 0.1) is 22.1 Å². The summed E-state index contributed by atoms with van der Waals surface area (Å²) in [7, 11) is 0. The molecule has 0 fully saturated rings. The zero-order valence-electron chi connectivity index (χ0n) is 45.1. The summed E-state index contributed by atoms with van der Waals surface area (Å²) in [6, 6.07) is 65.1. The lowest BCUT2D eigenvalue weighted by Gasteiger charge is -2.36. The Labute approximate surface area is 436 Å². The van der Waals surface area contributed by atoms with Crippen LogP contribution in [-0.4, -0.2) is 15.8 Å². The molecule has 9 aromatic carbocycles. The van der Waals surface area contributed by atoms with E-state index in [0.717, 1.165) is 0 Å². The highest BCUT2D eigenvalue weighted by Gasteiger charge is 2.52. The Hall–Kier alpha value is -7.36. The van der Waals surface area contributed by atoms with Gasteiger partial charge in [-0.05, 0) is 159 Å². The van der Waals surface area contributed by atoms with Crippen molar-refractivity contribution in [2.24, 2.45) is 0 Å². The molecule has 11 aromatic rings. The molecule has 360 valence electrons. The molecule has 3 heteroatoms. The summed E-state index contributed by atoms with van der Waals surface area (Å²) < 4.78 is 5.39. The third kappa shape index (κ3) is 5.53. The Kier molecular flexibility index (Phi) is 8.39. The average molecular weight is 955 g/mol. The molecule has 4 heterocycles. The SMILES string of the molecule is CC(C)(C)c1ccc2c(c1)c1cc(C(C)(C)C)cc3c1n2-c1ccc(-c2ccc4c(c2)C2(c5ccccc5-c5ccccc52)c2ccccc2-4)c2c1B3c1cc(C(C)(C)C)cc3c4cc(C(C)(C)C)ccc4n-2c13. The van der Waals surface area contributed by atoms with Crippen molar-refractivity contribution in [3.63, 3.8) is 0 Å². The largest absolute Gasteiger partial charge is 0.310 e. The topological polar surface area (TPSA) is 9.86 Å². The highest BCUT2D eigenvalue weighted by molar-refractivity contribution is 7.00. The molecule has 0 amide bonds. The highest BCUT2D eigenvalue weighted by Crippen LogP contribution is 2.63. The first-order valence-electron chi connectivity index (χ1n) is 27.1. The van der Waals surface area contributed by atoms with Crippen LogP contribution in [0.3, 0.4) is 0 Å². The molecule has 1 spiro atoms. The van der Waals surface area contributed by atoms with Gasteiger partial charge in [0.25, 0.3) is 6.71 Å². The first-order valence-corrected chi connectivity index (χ1v) is 27.1. The van der Waals surface area contributed by atoms with E-state index in [-0.39, 0.29) is 28.4 Å². The lowest BCUT2D eigenvalue weighted by atomic mass is 9.33. The minimum absolute atomic E-state index is 0.00754. The molecule has 0 bridgehead atoms. The number of aromatic nitrogens is 2. The maximum absolute atomic E-state index is 2.72. The molecular formula is C71H63BN2. The molecule has 2 aromatic heterocycles. The number of rotatable bonds is 1. The standard InChI is InChI=1S/C71H63BN2/c1-67(2,3)41-26-30-60-50(34-41)52-36-43(69(7,8)9)38-58-64(52)73(60)62-32-29-45(66-63(62)72(58)59-39-44(70(10,11)12)37-53-51-35-42(68(4,5)6)27-31-61(51)74(66)65(53)59)40-25-28-49-48-21-15-18-24-56(48)71(57(49)33-40)54-22-16-13-19-46(54)47-20-14-17-23-55(47)71/h13-39H,1-12H3. The third-order valence-electron chi connectivity index (χ3n) is 18.1. The fraction of sp³-hybridized carbons (Fsp3) is 0.239. The lowest BCUT2D eigenvalue weighted by Crippen LogP contribution is -2.60. The molecule has 4 aliphatic rings. The molecule has 0 unspecified atom stereocenters. The van der Waals surface area contributed by atoms with Gasteiger partial charge >= 0.3 is 0 Å². The molecule has 0 saturated heterocycles. The molecule has 2 nitrogen and oxygen atoms in total. The summed E-state index contributed by atoms with van der Waals surface area (Å²) in [6.07, 6.45) is 0. The monoisotopic (exact) mass is 955 g/mol. The van der Waals surface area contributed by atoms with E-state index < -0.39 is 5.41 Å². The number of benzene rings is 9. The quantitative estimate of drug-likeness (QED) is 0.145. The van der Waals surface area contributed by atoms with Crippen LogP contribution >= 0.6 is 0 Å². The minimum Gasteiger partial charge on any atom is -0.310 e. The predicted molar refractivity (Wildman–Crippen MR) is 316 cm³/mol. The van der Waals surface area contributed by atoms with E-state index in [9.17, 15) is 0 Å². The predicted octanol–water partition coefficient (Wildman–Crippen LogP) is 16.2. The molecule has 0 radical (unpaired) electrons. The second-order valence-electron chi connectivity index (χ2n) is 26.5. The van der Waals surface area contributed by atoms with E-state index in [0.29, 0.717) is 0 Å². The summed E-state index contributed by atoms with van der Waals surface area (Å²) in [5.74, 6) is 0. The van der Waals surface area contributed by atoms with Gasteiger partial charge in [-0.15, -0.1) is 0 Å². The van der Waals surface area contributed by atoms with Gasteiger partial charge in [0.1, 0.15) is 0 Å². The number of hydrogen-bond donors (Lipinski definition) is 0. The van der Waals surface area contributed by atoms with Crippen LogP contribution in [0, 0.1) is 0 Å². The van der Waals surface area contributed by atoms with Crippen molar-refractivity contribution in [2.45, 2.75) is 110 Å². The second-order valence-corrected chi connectivity index (χ2v) is 26.5. The normalized spacial score (nSPS) is 14.8. The van der Waals surface area contributed by atoms with Crippen LogP contribution in [0.4, 0.5) is 0 Å². The molecule has 74 heavy (non-hydrogen) atoms. The van der Waals surface area contributed by atoms with Crippen LogP contribution in [0.15, 0.2) is 164 Å². The lowest BCUT2D eigenvalue weighted by molar-refractivity contribution is 0.590. The van der Waals surface area contributed by atoms with Crippen molar-refractivity contribution in [1.29, 1.82) is 0 Å². The van der Waals surface area contributed by atoms with Gasteiger partial charge in [0.15, 0.2) is 0 Å². The minimum atomic E-state index is -0.445.